The van der Waals surface area contributed by atoms with Crippen molar-refractivity contribution in [1.82, 2.24) is 9.88 Å². The summed E-state index contributed by atoms with van der Waals surface area (Å²) in [6, 6.07) is 32.8. The normalized spacial score (nSPS) is 13.3. The largest absolute Gasteiger partial charge is 0.481 e. The van der Waals surface area contributed by atoms with Crippen LogP contribution in [0.5, 0.6) is 5.88 Å². The molecule has 3 N–H and O–H groups in total. The number of fused-ring (bicyclic) bond motifs is 2. The Hall–Kier alpha value is -4.57. The molecule has 0 saturated heterocycles. The second kappa shape index (κ2) is 14.9. The Kier molecular flexibility index (Phi) is 11.1. The molecule has 8 nitrogen and oxygen atoms in total. The van der Waals surface area contributed by atoms with Crippen molar-refractivity contribution < 1.29 is 29.6 Å². The molecule has 5 rings (SSSR count). The molecule has 0 aliphatic carbocycles. The predicted molar refractivity (Wildman–Crippen MR) is 180 cm³/mol. The van der Waals surface area contributed by atoms with Crippen molar-refractivity contribution in [3.8, 4) is 5.88 Å². The minimum Gasteiger partial charge on any atom is -0.481 e. The van der Waals surface area contributed by atoms with Gasteiger partial charge in [-0.3, -0.25) is 0 Å². The van der Waals surface area contributed by atoms with Crippen LogP contribution < -0.4 is 4.74 Å². The molecule has 0 bridgehead atoms. The quantitative estimate of drug-likeness (QED) is 0.138. The topological polar surface area (TPSA) is 120 Å². The fourth-order valence-electron chi connectivity index (χ4n) is 5.45. The monoisotopic (exact) mass is 670 g/mol. The maximum absolute atomic E-state index is 13.0. The van der Waals surface area contributed by atoms with Crippen molar-refractivity contribution >= 4 is 49.5 Å². The Morgan fingerprint density at radius 3 is 2.18 bits per heavy atom. The number of pyridine rings is 1. The first kappa shape index (κ1) is 33.3. The maximum Gasteiger partial charge on any atom is 0.328 e. The van der Waals surface area contributed by atoms with E-state index in [1.54, 1.807) is 7.11 Å². The van der Waals surface area contributed by atoms with Gasteiger partial charge in [0.15, 0.2) is 0 Å². The third-order valence-corrected chi connectivity index (χ3v) is 7.94. The Morgan fingerprint density at radius 2 is 1.53 bits per heavy atom. The van der Waals surface area contributed by atoms with Crippen molar-refractivity contribution in [2.24, 2.45) is 0 Å². The van der Waals surface area contributed by atoms with Crippen LogP contribution in [0.1, 0.15) is 29.0 Å². The number of rotatable bonds is 10. The highest BCUT2D eigenvalue weighted by Gasteiger charge is 2.43. The average Bonchev–Trinajstić information content (AvgIpc) is 3.03. The van der Waals surface area contributed by atoms with Crippen LogP contribution >= 0.6 is 15.9 Å². The molecule has 0 fully saturated rings. The fraction of sp³-hybridized carbons (Fsp3) is 0.194. The third kappa shape index (κ3) is 8.13. The minimum atomic E-state index is -1.26. The first-order valence-electron chi connectivity index (χ1n) is 14.2. The number of benzene rings is 4. The predicted octanol–water partition coefficient (Wildman–Crippen LogP) is 6.84. The van der Waals surface area contributed by atoms with Gasteiger partial charge in [-0.25, -0.2) is 14.6 Å². The molecule has 0 aliphatic heterocycles. The average molecular weight is 672 g/mol. The standard InChI is InChI=1S/C32H31BrN2O2.C4H4O4/c1-35(2)19-18-32(36,28-15-9-13-22-10-7-8-14-26(22)28)30(23-11-5-4-6-12-23)27-21-24-20-25(33)16-17-29(24)34-31(27)37-3;5-3(6)1-2-4(7)8/h4-17,20-21,30,36H,18-19H2,1-3H3;1-2H,(H,5,6)(H,7,8)/t30-,32-;/m1./s1. The van der Waals surface area contributed by atoms with Gasteiger partial charge in [-0.1, -0.05) is 88.7 Å². The number of nitrogens with zero attached hydrogens (tertiary/aromatic N) is 2. The number of carboxylic acids is 2. The second-order valence-corrected chi connectivity index (χ2v) is 11.7. The molecule has 0 radical (unpaired) electrons. The molecule has 5 aromatic rings. The van der Waals surface area contributed by atoms with Crippen LogP contribution in [0.2, 0.25) is 0 Å². The summed E-state index contributed by atoms with van der Waals surface area (Å²) in [6.07, 6.45) is 1.64. The summed E-state index contributed by atoms with van der Waals surface area (Å²) >= 11 is 3.60. The molecule has 2 atom stereocenters. The van der Waals surface area contributed by atoms with Crippen LogP contribution in [0, 0.1) is 0 Å². The zero-order chi connectivity index (χ0) is 32.6. The van der Waals surface area contributed by atoms with Gasteiger partial charge >= 0.3 is 11.9 Å². The van der Waals surface area contributed by atoms with Gasteiger partial charge in [-0.05, 0) is 66.7 Å². The SMILES string of the molecule is COc1nc2ccc(Br)cc2cc1[C@@H](c1ccccc1)[C@@](O)(CCN(C)C)c1cccc2ccccc12.O=C(O)C=CC(=O)O. The lowest BCUT2D eigenvalue weighted by Crippen LogP contribution is -2.38. The van der Waals surface area contributed by atoms with Crippen molar-refractivity contribution in [3.63, 3.8) is 0 Å². The van der Waals surface area contributed by atoms with E-state index in [0.29, 0.717) is 31.0 Å². The summed E-state index contributed by atoms with van der Waals surface area (Å²) in [5.41, 5.74) is 2.36. The number of ether oxygens (including phenoxy) is 1. The summed E-state index contributed by atoms with van der Waals surface area (Å²) in [7, 11) is 5.73. The van der Waals surface area contributed by atoms with Gasteiger partial charge in [0.2, 0.25) is 5.88 Å². The molecular weight excluding hydrogens is 636 g/mol. The van der Waals surface area contributed by atoms with E-state index in [4.69, 9.17) is 19.9 Å². The van der Waals surface area contributed by atoms with Crippen LogP contribution in [-0.4, -0.2) is 64.9 Å². The van der Waals surface area contributed by atoms with Crippen molar-refractivity contribution in [2.75, 3.05) is 27.7 Å². The third-order valence-electron chi connectivity index (χ3n) is 7.45. The maximum atomic E-state index is 13.0. The summed E-state index contributed by atoms with van der Waals surface area (Å²) in [6.45, 7) is 0.706. The highest BCUT2D eigenvalue weighted by molar-refractivity contribution is 9.10. The number of carbonyl (C=O) groups is 2. The van der Waals surface area contributed by atoms with E-state index < -0.39 is 23.5 Å². The Labute approximate surface area is 270 Å². The molecule has 232 valence electrons. The van der Waals surface area contributed by atoms with Gasteiger partial charge in [0, 0.05) is 40.0 Å². The number of aromatic nitrogens is 1. The lowest BCUT2D eigenvalue weighted by molar-refractivity contribution is -0.134. The molecule has 1 heterocycles. The van der Waals surface area contributed by atoms with Crippen LogP contribution in [0.15, 0.2) is 114 Å². The fourth-order valence-corrected chi connectivity index (χ4v) is 5.83. The number of carboxylic acid groups (broad SMARTS) is 2. The number of hydrogen-bond donors (Lipinski definition) is 3. The zero-order valence-corrected chi connectivity index (χ0v) is 26.8. The molecule has 1 aromatic heterocycles. The zero-order valence-electron chi connectivity index (χ0n) is 25.2. The lowest BCUT2D eigenvalue weighted by Gasteiger charge is -2.39. The molecule has 45 heavy (non-hydrogen) atoms. The number of aliphatic hydroxyl groups is 1. The van der Waals surface area contributed by atoms with Crippen LogP contribution in [0.3, 0.4) is 0 Å². The summed E-state index contributed by atoms with van der Waals surface area (Å²) < 4.78 is 6.86. The van der Waals surface area contributed by atoms with E-state index in [2.05, 4.69) is 69.4 Å². The molecule has 0 amide bonds. The number of hydrogen-bond acceptors (Lipinski definition) is 6. The van der Waals surface area contributed by atoms with Crippen LogP contribution in [0.25, 0.3) is 21.7 Å². The van der Waals surface area contributed by atoms with E-state index >= 15 is 0 Å². The van der Waals surface area contributed by atoms with E-state index in [1.807, 2.05) is 62.6 Å². The first-order valence-corrected chi connectivity index (χ1v) is 15.0. The van der Waals surface area contributed by atoms with Crippen molar-refractivity contribution in [3.05, 3.63) is 130 Å². The van der Waals surface area contributed by atoms with E-state index in [9.17, 15) is 14.7 Å². The summed E-state index contributed by atoms with van der Waals surface area (Å²) in [5, 5.41) is 31.8. The number of methoxy groups -OCH3 is 1. The summed E-state index contributed by atoms with van der Waals surface area (Å²) in [5.74, 6) is -2.42. The smallest absolute Gasteiger partial charge is 0.328 e. The van der Waals surface area contributed by atoms with E-state index in [1.165, 1.54) is 0 Å². The Morgan fingerprint density at radius 1 is 0.889 bits per heavy atom. The molecule has 4 aromatic carbocycles. The number of aliphatic carboxylic acids is 2. The van der Waals surface area contributed by atoms with Gasteiger partial charge in [0.1, 0.15) is 5.60 Å². The molecule has 0 unspecified atom stereocenters. The van der Waals surface area contributed by atoms with Gasteiger partial charge < -0.3 is 25.0 Å². The molecule has 9 heteroatoms. The summed E-state index contributed by atoms with van der Waals surface area (Å²) in [4.78, 5) is 26.1. The first-order chi connectivity index (χ1) is 21.5. The minimum absolute atomic E-state index is 0.426. The van der Waals surface area contributed by atoms with Crippen LogP contribution in [-0.2, 0) is 15.2 Å². The van der Waals surface area contributed by atoms with E-state index in [0.717, 1.165) is 42.8 Å². The van der Waals surface area contributed by atoms with Gasteiger partial charge in [-0.15, -0.1) is 0 Å². The van der Waals surface area contributed by atoms with Gasteiger partial charge in [0.25, 0.3) is 0 Å². The molecule has 0 spiro atoms. The molecule has 0 saturated carbocycles. The Bertz CT molecular complexity index is 1800. The van der Waals surface area contributed by atoms with Crippen molar-refractivity contribution in [1.29, 1.82) is 0 Å². The lowest BCUT2D eigenvalue weighted by atomic mass is 9.70. The molecular formula is C36H35BrN2O6. The highest BCUT2D eigenvalue weighted by atomic mass is 79.9. The van der Waals surface area contributed by atoms with Crippen LogP contribution in [0.4, 0.5) is 0 Å². The molecule has 0 aliphatic rings. The second-order valence-electron chi connectivity index (χ2n) is 10.8. The number of halogens is 1. The van der Waals surface area contributed by atoms with Crippen molar-refractivity contribution in [2.45, 2.75) is 17.9 Å². The highest BCUT2D eigenvalue weighted by Crippen LogP contribution is 2.49. The Balaban J connectivity index is 0.000000510. The van der Waals surface area contributed by atoms with E-state index in [-0.39, 0.29) is 0 Å². The van der Waals surface area contributed by atoms with Gasteiger partial charge in [0.05, 0.1) is 12.6 Å². The van der Waals surface area contributed by atoms with Gasteiger partial charge in [-0.2, -0.15) is 0 Å².